The smallest absolute Gasteiger partial charge is 0.336 e. The minimum atomic E-state index is -4.11. The fourth-order valence-electron chi connectivity index (χ4n) is 4.54. The van der Waals surface area contributed by atoms with Crippen LogP contribution in [0.3, 0.4) is 0 Å². The number of esters is 1. The Kier molecular flexibility index (Phi) is 7.86. The summed E-state index contributed by atoms with van der Waals surface area (Å²) in [7, 11) is -4.11. The molecule has 0 aliphatic carbocycles. The average Bonchev–Trinajstić information content (AvgIpc) is 2.82. The quantitative estimate of drug-likeness (QED) is 0.305. The van der Waals surface area contributed by atoms with Crippen molar-refractivity contribution in [3.8, 4) is 0 Å². The molecule has 37 heavy (non-hydrogen) atoms. The van der Waals surface area contributed by atoms with Crippen molar-refractivity contribution in [3.63, 3.8) is 0 Å². The summed E-state index contributed by atoms with van der Waals surface area (Å²) < 4.78 is 36.1. The maximum absolute atomic E-state index is 14.5. The molecule has 0 bridgehead atoms. The largest absolute Gasteiger partial charge is 0.457 e. The Labute approximate surface area is 228 Å². The van der Waals surface area contributed by atoms with Crippen molar-refractivity contribution in [2.75, 3.05) is 0 Å². The van der Waals surface area contributed by atoms with Crippen LogP contribution in [0.1, 0.15) is 56.0 Å². The van der Waals surface area contributed by atoms with Gasteiger partial charge in [0.1, 0.15) is 5.60 Å². The minimum Gasteiger partial charge on any atom is -0.457 e. The third kappa shape index (κ3) is 5.93. The predicted molar refractivity (Wildman–Crippen MR) is 147 cm³/mol. The van der Waals surface area contributed by atoms with Crippen molar-refractivity contribution in [1.29, 1.82) is 0 Å². The van der Waals surface area contributed by atoms with Gasteiger partial charge in [-0.1, -0.05) is 71.7 Å². The Hall–Kier alpha value is -2.64. The summed E-state index contributed by atoms with van der Waals surface area (Å²) in [6.45, 7) is 7.09. The number of aryl methyl sites for hydroxylation is 1. The highest BCUT2D eigenvalue weighted by molar-refractivity contribution is 7.89. The first-order valence-corrected chi connectivity index (χ1v) is 14.1. The van der Waals surface area contributed by atoms with Crippen molar-refractivity contribution >= 4 is 39.2 Å². The van der Waals surface area contributed by atoms with Gasteiger partial charge >= 0.3 is 5.97 Å². The van der Waals surface area contributed by atoms with E-state index in [4.69, 9.17) is 27.9 Å². The highest BCUT2D eigenvalue weighted by atomic mass is 35.5. The van der Waals surface area contributed by atoms with Crippen LogP contribution < -0.4 is 0 Å². The number of halogens is 2. The van der Waals surface area contributed by atoms with Gasteiger partial charge in [0.25, 0.3) is 0 Å². The highest BCUT2D eigenvalue weighted by Crippen LogP contribution is 2.47. The van der Waals surface area contributed by atoms with Crippen LogP contribution in [0.2, 0.25) is 10.0 Å². The Bertz CT molecular complexity index is 1440. The Morgan fingerprint density at radius 3 is 2.22 bits per heavy atom. The van der Waals surface area contributed by atoms with Gasteiger partial charge in [0.05, 0.1) is 22.6 Å². The SMILES string of the molecule is Cc1ccccc1S(=O)(=O)N1[C@@H](c2cccc(Cl)c2)C(C(=O)OC(C)(C)C)=CC[C@H]1c1ccc(Cl)cc1. The molecule has 2 atom stereocenters. The standard InChI is InChI=1S/C29H29Cl2NO4S/c1-19-8-5-6-11-26(19)37(34,35)32-25(20-12-14-22(30)15-13-20)17-16-24(28(33)36-29(2,3)4)27(32)21-9-7-10-23(31)18-21/h5-16,18,25,27H,17H2,1-4H3/t25-,27-/m0/s1. The average molecular weight is 559 g/mol. The van der Waals surface area contributed by atoms with Gasteiger partial charge in [-0.15, -0.1) is 0 Å². The van der Waals surface area contributed by atoms with E-state index >= 15 is 0 Å². The zero-order valence-electron chi connectivity index (χ0n) is 21.1. The van der Waals surface area contributed by atoms with Crippen LogP contribution in [0.25, 0.3) is 0 Å². The number of hydrogen-bond acceptors (Lipinski definition) is 4. The van der Waals surface area contributed by atoms with E-state index in [9.17, 15) is 13.2 Å². The number of nitrogens with zero attached hydrogens (tertiary/aromatic N) is 1. The molecule has 3 aromatic rings. The first-order chi connectivity index (χ1) is 17.4. The lowest BCUT2D eigenvalue weighted by Crippen LogP contribution is -2.43. The van der Waals surface area contributed by atoms with Crippen LogP contribution in [0.4, 0.5) is 0 Å². The first kappa shape index (κ1) is 27.4. The minimum absolute atomic E-state index is 0.173. The van der Waals surface area contributed by atoms with E-state index in [0.29, 0.717) is 21.2 Å². The van der Waals surface area contributed by atoms with Gasteiger partial charge in [0, 0.05) is 10.0 Å². The van der Waals surface area contributed by atoms with Gasteiger partial charge in [-0.25, -0.2) is 13.2 Å². The summed E-state index contributed by atoms with van der Waals surface area (Å²) >= 11 is 12.5. The third-order valence-corrected chi connectivity index (χ3v) is 8.64. The van der Waals surface area contributed by atoms with Crippen LogP contribution in [-0.4, -0.2) is 24.3 Å². The van der Waals surface area contributed by atoms with E-state index in [1.165, 1.54) is 4.31 Å². The van der Waals surface area contributed by atoms with Gasteiger partial charge < -0.3 is 4.74 Å². The fourth-order valence-corrected chi connectivity index (χ4v) is 6.87. The zero-order valence-corrected chi connectivity index (χ0v) is 23.4. The predicted octanol–water partition coefficient (Wildman–Crippen LogP) is 7.45. The molecule has 0 amide bonds. The van der Waals surface area contributed by atoms with Gasteiger partial charge in [0.15, 0.2) is 0 Å². The molecule has 194 valence electrons. The van der Waals surface area contributed by atoms with Crippen molar-refractivity contribution in [2.24, 2.45) is 0 Å². The van der Waals surface area contributed by atoms with Crippen LogP contribution in [0.15, 0.2) is 89.3 Å². The Morgan fingerprint density at radius 2 is 1.59 bits per heavy atom. The summed E-state index contributed by atoms with van der Waals surface area (Å²) in [4.78, 5) is 13.7. The summed E-state index contributed by atoms with van der Waals surface area (Å²) in [5, 5.41) is 0.979. The van der Waals surface area contributed by atoms with Crippen LogP contribution in [0, 0.1) is 6.92 Å². The lowest BCUT2D eigenvalue weighted by atomic mass is 9.89. The molecule has 1 aliphatic rings. The van der Waals surface area contributed by atoms with Crippen LogP contribution >= 0.6 is 23.2 Å². The van der Waals surface area contributed by atoms with Gasteiger partial charge in [-0.05, 0) is 81.1 Å². The second-order valence-electron chi connectivity index (χ2n) is 10.0. The van der Waals surface area contributed by atoms with E-state index < -0.39 is 33.7 Å². The molecular formula is C29H29Cl2NO4S. The number of sulfonamides is 1. The second-order valence-corrected chi connectivity index (χ2v) is 12.7. The molecule has 5 nitrogen and oxygen atoms in total. The van der Waals surface area contributed by atoms with E-state index in [0.717, 1.165) is 5.56 Å². The number of ether oxygens (including phenoxy) is 1. The second kappa shape index (κ2) is 10.6. The molecule has 0 unspecified atom stereocenters. The molecule has 1 heterocycles. The highest BCUT2D eigenvalue weighted by Gasteiger charge is 2.45. The number of carbonyl (C=O) groups excluding carboxylic acids is 1. The van der Waals surface area contributed by atoms with Crippen molar-refractivity contribution in [3.05, 3.63) is 111 Å². The molecule has 0 saturated heterocycles. The van der Waals surface area contributed by atoms with Crippen LogP contribution in [-0.2, 0) is 19.6 Å². The molecule has 0 radical (unpaired) electrons. The Balaban J connectivity index is 1.99. The summed E-state index contributed by atoms with van der Waals surface area (Å²) in [5.74, 6) is -0.572. The third-order valence-electron chi connectivity index (χ3n) is 6.12. The van der Waals surface area contributed by atoms with Crippen molar-refractivity contribution < 1.29 is 17.9 Å². The number of carbonyl (C=O) groups is 1. The lowest BCUT2D eigenvalue weighted by Gasteiger charge is -2.41. The molecule has 3 aromatic carbocycles. The summed E-state index contributed by atoms with van der Waals surface area (Å²) in [6.07, 6.45) is 2.06. The molecule has 8 heteroatoms. The maximum atomic E-state index is 14.5. The molecule has 1 aliphatic heterocycles. The fraction of sp³-hybridized carbons (Fsp3) is 0.276. The van der Waals surface area contributed by atoms with E-state index in [-0.39, 0.29) is 16.9 Å². The number of benzene rings is 3. The number of rotatable bonds is 5. The molecule has 0 N–H and O–H groups in total. The van der Waals surface area contributed by atoms with E-state index in [1.807, 2.05) is 12.1 Å². The van der Waals surface area contributed by atoms with Gasteiger partial charge in [-0.2, -0.15) is 4.31 Å². The molecule has 0 aromatic heterocycles. The lowest BCUT2D eigenvalue weighted by molar-refractivity contribution is -0.150. The summed E-state index contributed by atoms with van der Waals surface area (Å²) in [5.41, 5.74) is 1.42. The maximum Gasteiger partial charge on any atom is 0.336 e. The van der Waals surface area contributed by atoms with Crippen molar-refractivity contribution in [2.45, 2.75) is 56.7 Å². The molecular weight excluding hydrogens is 529 g/mol. The summed E-state index contributed by atoms with van der Waals surface area (Å²) in [6, 6.07) is 19.3. The molecule has 0 fully saturated rings. The van der Waals surface area contributed by atoms with Gasteiger partial charge in [-0.3, -0.25) is 0 Å². The van der Waals surface area contributed by atoms with E-state index in [2.05, 4.69) is 0 Å². The van der Waals surface area contributed by atoms with Gasteiger partial charge in [0.2, 0.25) is 10.0 Å². The van der Waals surface area contributed by atoms with Crippen molar-refractivity contribution in [1.82, 2.24) is 4.31 Å². The van der Waals surface area contributed by atoms with E-state index in [1.54, 1.807) is 94.4 Å². The monoisotopic (exact) mass is 557 g/mol. The normalized spacial score (nSPS) is 18.8. The van der Waals surface area contributed by atoms with Crippen LogP contribution in [0.5, 0.6) is 0 Å². The molecule has 0 saturated carbocycles. The molecule has 4 rings (SSSR count). The zero-order chi connectivity index (χ0) is 27.0. The topological polar surface area (TPSA) is 63.7 Å². The molecule has 0 spiro atoms. The first-order valence-electron chi connectivity index (χ1n) is 11.9. The Morgan fingerprint density at radius 1 is 0.919 bits per heavy atom. The number of hydrogen-bond donors (Lipinski definition) is 0.